The predicted molar refractivity (Wildman–Crippen MR) is 92.0 cm³/mol. The van der Waals surface area contributed by atoms with Crippen molar-refractivity contribution in [2.75, 3.05) is 18.6 Å². The Hall–Kier alpha value is -1.69. The highest BCUT2D eigenvalue weighted by Crippen LogP contribution is 2.17. The highest BCUT2D eigenvalue weighted by atomic mass is 32.2. The van der Waals surface area contributed by atoms with Crippen molar-refractivity contribution in [3.05, 3.63) is 35.9 Å². The van der Waals surface area contributed by atoms with Gasteiger partial charge in [0.25, 0.3) is 0 Å². The Morgan fingerprint density at radius 3 is 2.50 bits per heavy atom. The van der Waals surface area contributed by atoms with Crippen LogP contribution in [0.4, 0.5) is 4.79 Å². The standard InChI is InChI=1S/C16H25N3O2S/c1-12(13-6-4-3-5-7-13)8-10-18-15(20)14(9-11-22-2)19-16(17)21/h3-7,12,14H,8-11H2,1-2H3,(H,18,20)(H3,17,19,21)/t12-,14-/m1/s1. The van der Waals surface area contributed by atoms with E-state index < -0.39 is 12.1 Å². The zero-order chi connectivity index (χ0) is 16.4. The molecule has 122 valence electrons. The van der Waals surface area contributed by atoms with E-state index in [4.69, 9.17) is 5.73 Å². The minimum Gasteiger partial charge on any atom is -0.354 e. The average Bonchev–Trinajstić information content (AvgIpc) is 2.51. The lowest BCUT2D eigenvalue weighted by atomic mass is 9.98. The first-order chi connectivity index (χ1) is 10.5. The Kier molecular flexibility index (Phi) is 8.43. The summed E-state index contributed by atoms with van der Waals surface area (Å²) in [6.45, 7) is 2.71. The van der Waals surface area contributed by atoms with Gasteiger partial charge in [0.1, 0.15) is 6.04 Å². The second-order valence-corrected chi connectivity index (χ2v) is 6.22. The number of carbonyl (C=O) groups is 2. The van der Waals surface area contributed by atoms with Crippen LogP contribution in [0.5, 0.6) is 0 Å². The number of hydrogen-bond acceptors (Lipinski definition) is 3. The molecule has 0 saturated carbocycles. The number of carbonyl (C=O) groups excluding carboxylic acids is 2. The van der Waals surface area contributed by atoms with E-state index in [1.165, 1.54) is 5.56 Å². The number of benzene rings is 1. The monoisotopic (exact) mass is 323 g/mol. The number of nitrogens with one attached hydrogen (secondary N) is 2. The van der Waals surface area contributed by atoms with Crippen LogP contribution in [-0.2, 0) is 4.79 Å². The topological polar surface area (TPSA) is 84.2 Å². The van der Waals surface area contributed by atoms with E-state index >= 15 is 0 Å². The summed E-state index contributed by atoms with van der Waals surface area (Å²) in [5, 5.41) is 5.38. The molecule has 0 fully saturated rings. The molecule has 0 saturated heterocycles. The maximum absolute atomic E-state index is 12.1. The van der Waals surface area contributed by atoms with E-state index in [0.717, 1.165) is 12.2 Å². The lowest BCUT2D eigenvalue weighted by Crippen LogP contribution is -2.49. The van der Waals surface area contributed by atoms with Crippen LogP contribution in [0.1, 0.15) is 31.2 Å². The van der Waals surface area contributed by atoms with Gasteiger partial charge in [-0.1, -0.05) is 37.3 Å². The van der Waals surface area contributed by atoms with E-state index in [-0.39, 0.29) is 5.91 Å². The quantitative estimate of drug-likeness (QED) is 0.650. The van der Waals surface area contributed by atoms with Crippen molar-refractivity contribution in [2.45, 2.75) is 31.7 Å². The second kappa shape index (κ2) is 10.1. The SMILES string of the molecule is CSCC[C@@H](NC(N)=O)C(=O)NCC[C@@H](C)c1ccccc1. The number of urea groups is 1. The van der Waals surface area contributed by atoms with Crippen LogP contribution in [0.3, 0.4) is 0 Å². The molecule has 0 radical (unpaired) electrons. The van der Waals surface area contributed by atoms with Crippen molar-refractivity contribution in [1.29, 1.82) is 0 Å². The summed E-state index contributed by atoms with van der Waals surface area (Å²) < 4.78 is 0. The molecule has 5 nitrogen and oxygen atoms in total. The highest BCUT2D eigenvalue weighted by molar-refractivity contribution is 7.98. The Balaban J connectivity index is 2.40. The minimum absolute atomic E-state index is 0.173. The Morgan fingerprint density at radius 1 is 1.23 bits per heavy atom. The van der Waals surface area contributed by atoms with E-state index in [0.29, 0.717) is 18.9 Å². The largest absolute Gasteiger partial charge is 0.354 e. The van der Waals surface area contributed by atoms with Gasteiger partial charge in [0, 0.05) is 6.54 Å². The average molecular weight is 323 g/mol. The van der Waals surface area contributed by atoms with Gasteiger partial charge in [-0.25, -0.2) is 4.79 Å². The Morgan fingerprint density at radius 2 is 1.91 bits per heavy atom. The molecule has 0 unspecified atom stereocenters. The van der Waals surface area contributed by atoms with Crippen molar-refractivity contribution >= 4 is 23.7 Å². The van der Waals surface area contributed by atoms with Gasteiger partial charge in [-0.3, -0.25) is 4.79 Å². The van der Waals surface area contributed by atoms with E-state index in [1.807, 2.05) is 24.5 Å². The lowest BCUT2D eigenvalue weighted by Gasteiger charge is -2.18. The van der Waals surface area contributed by atoms with Crippen LogP contribution < -0.4 is 16.4 Å². The van der Waals surface area contributed by atoms with Gasteiger partial charge in [0.2, 0.25) is 5.91 Å². The molecule has 0 bridgehead atoms. The normalized spacial score (nSPS) is 13.2. The molecule has 0 aromatic heterocycles. The highest BCUT2D eigenvalue weighted by Gasteiger charge is 2.19. The summed E-state index contributed by atoms with van der Waals surface area (Å²) >= 11 is 1.63. The van der Waals surface area contributed by atoms with Gasteiger partial charge in [-0.15, -0.1) is 0 Å². The maximum Gasteiger partial charge on any atom is 0.312 e. The fourth-order valence-corrected chi connectivity index (χ4v) is 2.63. The van der Waals surface area contributed by atoms with Gasteiger partial charge < -0.3 is 16.4 Å². The number of thioether (sulfide) groups is 1. The summed E-state index contributed by atoms with van der Waals surface area (Å²) in [6.07, 6.45) is 3.38. The third-order valence-electron chi connectivity index (χ3n) is 3.49. The van der Waals surface area contributed by atoms with Crippen LogP contribution in [0.2, 0.25) is 0 Å². The maximum atomic E-state index is 12.1. The van der Waals surface area contributed by atoms with Crippen LogP contribution in [0.25, 0.3) is 0 Å². The first-order valence-electron chi connectivity index (χ1n) is 7.42. The molecular weight excluding hydrogens is 298 g/mol. The smallest absolute Gasteiger partial charge is 0.312 e. The van der Waals surface area contributed by atoms with Crippen LogP contribution >= 0.6 is 11.8 Å². The van der Waals surface area contributed by atoms with Crippen LogP contribution in [-0.4, -0.2) is 36.5 Å². The molecule has 1 aromatic carbocycles. The molecule has 0 aliphatic rings. The molecule has 22 heavy (non-hydrogen) atoms. The van der Waals surface area contributed by atoms with E-state index in [1.54, 1.807) is 11.8 Å². The molecule has 0 heterocycles. The molecule has 1 rings (SSSR count). The summed E-state index contributed by atoms with van der Waals surface area (Å²) in [6, 6.07) is 8.96. The number of nitrogens with two attached hydrogens (primary N) is 1. The van der Waals surface area contributed by atoms with Crippen molar-refractivity contribution in [3.63, 3.8) is 0 Å². The van der Waals surface area contributed by atoms with Crippen molar-refractivity contribution in [1.82, 2.24) is 10.6 Å². The number of primary amides is 1. The van der Waals surface area contributed by atoms with Gasteiger partial charge >= 0.3 is 6.03 Å². The third-order valence-corrected chi connectivity index (χ3v) is 4.13. The molecule has 6 heteroatoms. The molecule has 4 N–H and O–H groups in total. The van der Waals surface area contributed by atoms with E-state index in [2.05, 4.69) is 29.7 Å². The summed E-state index contributed by atoms with van der Waals surface area (Å²) in [5.41, 5.74) is 6.37. The predicted octanol–water partition coefficient (Wildman–Crippen LogP) is 2.09. The second-order valence-electron chi connectivity index (χ2n) is 5.23. The summed E-state index contributed by atoms with van der Waals surface area (Å²) in [4.78, 5) is 23.1. The van der Waals surface area contributed by atoms with Crippen LogP contribution in [0, 0.1) is 0 Å². The first kappa shape index (κ1) is 18.4. The lowest BCUT2D eigenvalue weighted by molar-refractivity contribution is -0.122. The van der Waals surface area contributed by atoms with Crippen molar-refractivity contribution in [2.24, 2.45) is 5.73 Å². The van der Waals surface area contributed by atoms with Gasteiger partial charge in [-0.05, 0) is 36.3 Å². The molecule has 0 spiro atoms. The molecule has 1 aromatic rings. The fourth-order valence-electron chi connectivity index (χ4n) is 2.16. The van der Waals surface area contributed by atoms with Crippen molar-refractivity contribution in [3.8, 4) is 0 Å². The number of hydrogen-bond donors (Lipinski definition) is 3. The van der Waals surface area contributed by atoms with Gasteiger partial charge in [-0.2, -0.15) is 11.8 Å². The van der Waals surface area contributed by atoms with Crippen LogP contribution in [0.15, 0.2) is 30.3 Å². The zero-order valence-electron chi connectivity index (χ0n) is 13.2. The third kappa shape index (κ3) is 6.85. The molecule has 2 atom stereocenters. The Labute approximate surface area is 136 Å². The van der Waals surface area contributed by atoms with Gasteiger partial charge in [0.05, 0.1) is 0 Å². The fraction of sp³-hybridized carbons (Fsp3) is 0.500. The van der Waals surface area contributed by atoms with Gasteiger partial charge in [0.15, 0.2) is 0 Å². The zero-order valence-corrected chi connectivity index (χ0v) is 14.0. The van der Waals surface area contributed by atoms with Crippen molar-refractivity contribution < 1.29 is 9.59 Å². The molecule has 0 aliphatic carbocycles. The number of amides is 3. The number of rotatable bonds is 9. The first-order valence-corrected chi connectivity index (χ1v) is 8.81. The molecular formula is C16H25N3O2S. The summed E-state index contributed by atoms with van der Waals surface area (Å²) in [5.74, 6) is 0.988. The van der Waals surface area contributed by atoms with E-state index in [9.17, 15) is 9.59 Å². The Bertz CT molecular complexity index is 468. The molecule has 3 amide bonds. The minimum atomic E-state index is -0.668. The molecule has 0 aliphatic heterocycles. The summed E-state index contributed by atoms with van der Waals surface area (Å²) in [7, 11) is 0.